The Hall–Kier alpha value is -4.51. The van der Waals surface area contributed by atoms with E-state index in [4.69, 9.17) is 23.7 Å². The number of aliphatic hydroxyl groups is 1. The first-order valence-corrected chi connectivity index (χ1v) is 21.9. The first-order chi connectivity index (χ1) is 29.3. The van der Waals surface area contributed by atoms with Gasteiger partial charge in [0.1, 0.15) is 23.8 Å². The molecule has 4 aromatic carbocycles. The summed E-state index contributed by atoms with van der Waals surface area (Å²) in [6.45, 7) is 7.61. The SMILES string of the molecule is CCCCC(=O)NCCOCCOCCOCCn1cc(COc2ccc(CN(CC(O)Cn3c4ccc(Br)cc4c4cc(Br)ccc43)c3cccc(OC)c3)cc2)nn1. The molecule has 2 N–H and O–H groups in total. The zero-order valence-electron chi connectivity index (χ0n) is 34.2. The second kappa shape index (κ2) is 23.5. The summed E-state index contributed by atoms with van der Waals surface area (Å²) in [6.07, 6.45) is 3.66. The van der Waals surface area contributed by atoms with Crippen molar-refractivity contribution in [2.75, 3.05) is 64.7 Å². The van der Waals surface area contributed by atoms with Gasteiger partial charge in [0, 0.05) is 68.6 Å². The van der Waals surface area contributed by atoms with Gasteiger partial charge in [-0.1, -0.05) is 68.6 Å². The minimum absolute atomic E-state index is 0.0710. The molecular weight excluding hydrogens is 896 g/mol. The summed E-state index contributed by atoms with van der Waals surface area (Å²) >= 11 is 7.27. The van der Waals surface area contributed by atoms with E-state index in [1.54, 1.807) is 11.8 Å². The van der Waals surface area contributed by atoms with Gasteiger partial charge in [-0.05, 0) is 72.6 Å². The number of halogens is 2. The molecule has 15 heteroatoms. The molecule has 2 aromatic heterocycles. The number of nitrogens with one attached hydrogen (secondary N) is 1. The number of unbranched alkanes of at least 4 members (excludes halogenated alkanes) is 1. The molecule has 6 rings (SSSR count). The fraction of sp³-hybridized carbons (Fsp3) is 0.400. The van der Waals surface area contributed by atoms with E-state index in [-0.39, 0.29) is 12.5 Å². The monoisotopic (exact) mass is 948 g/mol. The molecule has 0 fully saturated rings. The number of hydrogen-bond donors (Lipinski definition) is 2. The first-order valence-electron chi connectivity index (χ1n) is 20.3. The molecule has 0 saturated heterocycles. The van der Waals surface area contributed by atoms with Gasteiger partial charge in [-0.15, -0.1) is 5.10 Å². The van der Waals surface area contributed by atoms with E-state index < -0.39 is 6.10 Å². The maximum absolute atomic E-state index is 11.7. The quantitative estimate of drug-likeness (QED) is 0.0517. The van der Waals surface area contributed by atoms with Crippen molar-refractivity contribution in [2.24, 2.45) is 0 Å². The number of methoxy groups -OCH3 is 1. The Morgan fingerprint density at radius 2 is 1.53 bits per heavy atom. The number of aliphatic hydroxyl groups excluding tert-OH is 1. The summed E-state index contributed by atoms with van der Waals surface area (Å²) in [5, 5.41) is 25.2. The highest BCUT2D eigenvalue weighted by Crippen LogP contribution is 2.33. The molecule has 320 valence electrons. The lowest BCUT2D eigenvalue weighted by molar-refractivity contribution is -0.121. The molecule has 13 nitrogen and oxygen atoms in total. The number of amides is 1. The Balaban J connectivity index is 0.944. The maximum Gasteiger partial charge on any atom is 0.220 e. The van der Waals surface area contributed by atoms with E-state index >= 15 is 0 Å². The molecule has 0 aliphatic heterocycles. The molecular formula is C45H54Br2N6O7. The highest BCUT2D eigenvalue weighted by molar-refractivity contribution is 9.10. The first kappa shape index (κ1) is 45.0. The fourth-order valence-corrected chi connectivity index (χ4v) is 7.53. The zero-order chi connectivity index (χ0) is 42.1. The van der Waals surface area contributed by atoms with Gasteiger partial charge in [-0.25, -0.2) is 4.68 Å². The van der Waals surface area contributed by atoms with E-state index in [0.29, 0.717) is 90.2 Å². The van der Waals surface area contributed by atoms with Crippen LogP contribution in [0.5, 0.6) is 11.5 Å². The molecule has 6 aromatic rings. The number of fused-ring (bicyclic) bond motifs is 3. The second-order valence-electron chi connectivity index (χ2n) is 14.4. The van der Waals surface area contributed by atoms with Crippen LogP contribution in [-0.4, -0.2) is 96.5 Å². The molecule has 0 aliphatic carbocycles. The smallest absolute Gasteiger partial charge is 0.220 e. The van der Waals surface area contributed by atoms with Crippen molar-refractivity contribution >= 4 is 65.3 Å². The van der Waals surface area contributed by atoms with Crippen LogP contribution in [0.2, 0.25) is 0 Å². The van der Waals surface area contributed by atoms with Crippen LogP contribution >= 0.6 is 31.9 Å². The topological polar surface area (TPSA) is 134 Å². The molecule has 1 unspecified atom stereocenters. The minimum atomic E-state index is -0.678. The third kappa shape index (κ3) is 13.5. The number of carbonyl (C=O) groups is 1. The van der Waals surface area contributed by atoms with Gasteiger partial charge in [0.05, 0.1) is 72.1 Å². The third-order valence-corrected chi connectivity index (χ3v) is 10.8. The largest absolute Gasteiger partial charge is 0.497 e. The molecule has 0 spiro atoms. The number of ether oxygens (including phenoxy) is 5. The van der Waals surface area contributed by atoms with Crippen LogP contribution < -0.4 is 19.7 Å². The number of aromatic nitrogens is 4. The van der Waals surface area contributed by atoms with Crippen molar-refractivity contribution < 1.29 is 33.6 Å². The van der Waals surface area contributed by atoms with Crippen molar-refractivity contribution in [1.82, 2.24) is 24.9 Å². The van der Waals surface area contributed by atoms with Crippen molar-refractivity contribution in [3.05, 3.63) is 111 Å². The van der Waals surface area contributed by atoms with E-state index in [1.807, 2.05) is 66.9 Å². The predicted molar refractivity (Wildman–Crippen MR) is 241 cm³/mol. The molecule has 0 bridgehead atoms. The van der Waals surface area contributed by atoms with Gasteiger partial charge in [-0.2, -0.15) is 0 Å². The summed E-state index contributed by atoms with van der Waals surface area (Å²) in [5.74, 6) is 1.54. The van der Waals surface area contributed by atoms with Gasteiger partial charge in [0.15, 0.2) is 0 Å². The van der Waals surface area contributed by atoms with Gasteiger partial charge >= 0.3 is 0 Å². The second-order valence-corrected chi connectivity index (χ2v) is 16.2. The minimum Gasteiger partial charge on any atom is -0.497 e. The Kier molecular flexibility index (Phi) is 17.6. The van der Waals surface area contributed by atoms with Crippen LogP contribution in [0.1, 0.15) is 37.4 Å². The van der Waals surface area contributed by atoms with E-state index in [1.165, 1.54) is 0 Å². The van der Waals surface area contributed by atoms with Gasteiger partial charge in [0.25, 0.3) is 0 Å². The normalized spacial score (nSPS) is 11.9. The average molecular weight is 951 g/mol. The molecule has 0 aliphatic rings. The van der Waals surface area contributed by atoms with Crippen molar-refractivity contribution in [3.8, 4) is 11.5 Å². The molecule has 0 saturated carbocycles. The molecule has 0 radical (unpaired) electrons. The number of benzene rings is 4. The predicted octanol–water partition coefficient (Wildman–Crippen LogP) is 7.92. The van der Waals surface area contributed by atoms with Crippen LogP contribution in [0, 0.1) is 0 Å². The van der Waals surface area contributed by atoms with Crippen LogP contribution in [0.3, 0.4) is 0 Å². The van der Waals surface area contributed by atoms with Crippen molar-refractivity contribution in [3.63, 3.8) is 0 Å². The van der Waals surface area contributed by atoms with Crippen LogP contribution in [0.25, 0.3) is 21.8 Å². The highest BCUT2D eigenvalue weighted by Gasteiger charge is 2.19. The van der Waals surface area contributed by atoms with E-state index in [9.17, 15) is 9.90 Å². The Bertz CT molecular complexity index is 2190. The highest BCUT2D eigenvalue weighted by atomic mass is 79.9. The lowest BCUT2D eigenvalue weighted by Crippen LogP contribution is -2.34. The lowest BCUT2D eigenvalue weighted by Gasteiger charge is -2.28. The van der Waals surface area contributed by atoms with Gasteiger partial charge < -0.3 is 43.6 Å². The van der Waals surface area contributed by atoms with Gasteiger partial charge in [0.2, 0.25) is 5.91 Å². The van der Waals surface area contributed by atoms with Crippen molar-refractivity contribution in [2.45, 2.75) is 58.5 Å². The number of rotatable bonds is 26. The number of nitrogens with zero attached hydrogens (tertiary/aromatic N) is 5. The third-order valence-electron chi connectivity index (χ3n) is 9.84. The van der Waals surface area contributed by atoms with E-state index in [0.717, 1.165) is 60.6 Å². The Labute approximate surface area is 368 Å². The summed E-state index contributed by atoms with van der Waals surface area (Å²) in [4.78, 5) is 13.8. The summed E-state index contributed by atoms with van der Waals surface area (Å²) < 4.78 is 34.3. The van der Waals surface area contributed by atoms with Crippen molar-refractivity contribution in [1.29, 1.82) is 0 Å². The Morgan fingerprint density at radius 1 is 0.850 bits per heavy atom. The van der Waals surface area contributed by atoms with Crippen LogP contribution in [0.15, 0.2) is 100 Å². The molecule has 1 amide bonds. The molecule has 2 heterocycles. The molecule has 1 atom stereocenters. The zero-order valence-corrected chi connectivity index (χ0v) is 37.4. The number of carbonyl (C=O) groups excluding carboxylic acids is 1. The number of hydrogen-bond acceptors (Lipinski definition) is 10. The standard InChI is InChI=1S/C45H54Br2N6O7/c1-3-4-8-45(55)48-17-19-57-21-23-59-24-22-58-20-18-52-29-36(49-50-52)32-60-39-13-9-33(10-14-39)28-51(37-6-5-7-40(27-37)56-2)30-38(54)31-53-43-15-11-34(46)25-41(43)42-26-35(47)12-16-44(42)53/h5-7,9-16,25-27,29,38,54H,3-4,8,17-24,28,30-32H2,1-2H3,(H,48,55). The van der Waals surface area contributed by atoms with Crippen LogP contribution in [-0.2, 0) is 45.2 Å². The average Bonchev–Trinajstić information content (AvgIpc) is 3.83. The lowest BCUT2D eigenvalue weighted by atomic mass is 10.1. The number of anilines is 1. The molecule has 60 heavy (non-hydrogen) atoms. The maximum atomic E-state index is 11.7. The summed E-state index contributed by atoms with van der Waals surface area (Å²) in [5.41, 5.74) is 4.86. The van der Waals surface area contributed by atoms with E-state index in [2.05, 4.69) is 88.1 Å². The summed E-state index contributed by atoms with van der Waals surface area (Å²) in [6, 6.07) is 28.4. The van der Waals surface area contributed by atoms with Gasteiger partial charge in [-0.3, -0.25) is 4.79 Å². The van der Waals surface area contributed by atoms with Crippen LogP contribution in [0.4, 0.5) is 5.69 Å². The summed E-state index contributed by atoms with van der Waals surface area (Å²) in [7, 11) is 1.66. The Morgan fingerprint density at radius 3 is 2.22 bits per heavy atom. The fourth-order valence-electron chi connectivity index (χ4n) is 6.81.